The first-order chi connectivity index (χ1) is 29.7. The van der Waals surface area contributed by atoms with Crippen LogP contribution in [0.4, 0.5) is 0 Å². The summed E-state index contributed by atoms with van der Waals surface area (Å²) in [7, 11) is 0. The standard InChI is InChI=1S/C59H38O/c1-58(39-17-3-2-4-18-39)51-27-13-14-29-55(51)60-57-47(24-15-28-53(57)58)44-34-33-40(42-20-7-8-21-43(42)44)38-30-32-46-45-22-9-11-25-49(45)59(54(46)36-38)50-26-12-10-23-48(50)56-41-19-6-5-16-37(41)31-35-52(56)59/h2-36H,1H3. The molecule has 0 saturated heterocycles. The molecule has 0 saturated carbocycles. The van der Waals surface area contributed by atoms with Crippen molar-refractivity contribution in [2.45, 2.75) is 17.8 Å². The maximum Gasteiger partial charge on any atom is 0.139 e. The molecule has 280 valence electrons. The summed E-state index contributed by atoms with van der Waals surface area (Å²) in [5, 5.41) is 5.00. The highest BCUT2D eigenvalue weighted by atomic mass is 16.5. The van der Waals surface area contributed by atoms with Gasteiger partial charge in [0.05, 0.1) is 5.41 Å². The van der Waals surface area contributed by atoms with Crippen LogP contribution in [0.5, 0.6) is 11.5 Å². The predicted octanol–water partition coefficient (Wildman–Crippen LogP) is 15.1. The second kappa shape index (κ2) is 12.3. The molecule has 2 aliphatic carbocycles. The van der Waals surface area contributed by atoms with Crippen molar-refractivity contribution in [2.24, 2.45) is 0 Å². The molecule has 3 aliphatic rings. The molecule has 0 fully saturated rings. The van der Waals surface area contributed by atoms with Crippen LogP contribution in [-0.4, -0.2) is 0 Å². The van der Waals surface area contributed by atoms with Crippen LogP contribution in [0.1, 0.15) is 45.9 Å². The number of ether oxygens (including phenoxy) is 1. The van der Waals surface area contributed by atoms with Gasteiger partial charge in [-0.15, -0.1) is 0 Å². The van der Waals surface area contributed by atoms with E-state index in [4.69, 9.17) is 4.74 Å². The van der Waals surface area contributed by atoms with Crippen LogP contribution in [0.2, 0.25) is 0 Å². The molecule has 1 heterocycles. The minimum atomic E-state index is -0.435. The Morgan fingerprint density at radius 1 is 0.350 bits per heavy atom. The van der Waals surface area contributed by atoms with Gasteiger partial charge in [-0.2, -0.15) is 0 Å². The Kier molecular flexibility index (Phi) is 6.85. The summed E-state index contributed by atoms with van der Waals surface area (Å²) < 4.78 is 6.96. The summed E-state index contributed by atoms with van der Waals surface area (Å²) >= 11 is 0. The SMILES string of the molecule is CC1(c2ccccc2)c2ccccc2Oc2c(-c3ccc(-c4ccc5c(c4)C4(c6ccccc6-5)c5ccccc5-c5c4ccc4ccccc54)c4ccccc34)cccc21. The van der Waals surface area contributed by atoms with Crippen molar-refractivity contribution >= 4 is 21.5 Å². The first-order valence-electron chi connectivity index (χ1n) is 21.0. The van der Waals surface area contributed by atoms with Gasteiger partial charge in [0.15, 0.2) is 0 Å². The minimum absolute atomic E-state index is 0.390. The number of hydrogen-bond acceptors (Lipinski definition) is 1. The Balaban J connectivity index is 1.02. The third-order valence-electron chi connectivity index (χ3n) is 14.0. The lowest BCUT2D eigenvalue weighted by Crippen LogP contribution is -2.29. The molecule has 60 heavy (non-hydrogen) atoms. The van der Waals surface area contributed by atoms with E-state index in [2.05, 4.69) is 219 Å². The largest absolute Gasteiger partial charge is 0.456 e. The third kappa shape index (κ3) is 4.26. The van der Waals surface area contributed by atoms with E-state index < -0.39 is 5.41 Å². The maximum absolute atomic E-state index is 6.96. The second-order valence-corrected chi connectivity index (χ2v) is 16.8. The number of para-hydroxylation sites is 2. The number of hydrogen-bond donors (Lipinski definition) is 0. The first-order valence-corrected chi connectivity index (χ1v) is 21.0. The van der Waals surface area contributed by atoms with Crippen LogP contribution >= 0.6 is 0 Å². The van der Waals surface area contributed by atoms with Crippen LogP contribution in [-0.2, 0) is 10.8 Å². The number of benzene rings is 10. The van der Waals surface area contributed by atoms with Crippen LogP contribution in [0.3, 0.4) is 0 Å². The van der Waals surface area contributed by atoms with Gasteiger partial charge in [0.2, 0.25) is 0 Å². The molecule has 0 aromatic heterocycles. The Labute approximate surface area is 349 Å². The van der Waals surface area contributed by atoms with Gasteiger partial charge in [0, 0.05) is 22.1 Å². The van der Waals surface area contributed by atoms with Crippen molar-refractivity contribution < 1.29 is 4.74 Å². The Morgan fingerprint density at radius 3 is 1.77 bits per heavy atom. The molecular weight excluding hydrogens is 725 g/mol. The smallest absolute Gasteiger partial charge is 0.139 e. The summed E-state index contributed by atoms with van der Waals surface area (Å²) in [4.78, 5) is 0. The van der Waals surface area contributed by atoms with Gasteiger partial charge in [0.25, 0.3) is 0 Å². The fraction of sp³-hybridized carbons (Fsp3) is 0.0508. The molecule has 0 bridgehead atoms. The van der Waals surface area contributed by atoms with Gasteiger partial charge in [-0.3, -0.25) is 0 Å². The van der Waals surface area contributed by atoms with Gasteiger partial charge >= 0.3 is 0 Å². The topological polar surface area (TPSA) is 9.23 Å². The van der Waals surface area contributed by atoms with E-state index in [0.29, 0.717) is 0 Å². The van der Waals surface area contributed by atoms with E-state index in [0.717, 1.165) is 22.6 Å². The van der Waals surface area contributed by atoms with Crippen molar-refractivity contribution in [3.8, 4) is 56.0 Å². The Bertz CT molecular complexity index is 3430. The van der Waals surface area contributed by atoms with E-state index in [1.165, 1.54) is 93.9 Å². The maximum atomic E-state index is 6.96. The fourth-order valence-corrected chi connectivity index (χ4v) is 11.4. The highest BCUT2D eigenvalue weighted by molar-refractivity contribution is 6.08. The van der Waals surface area contributed by atoms with Crippen molar-refractivity contribution in [1.82, 2.24) is 0 Å². The van der Waals surface area contributed by atoms with Crippen molar-refractivity contribution in [2.75, 3.05) is 0 Å². The highest BCUT2D eigenvalue weighted by Crippen LogP contribution is 2.64. The van der Waals surface area contributed by atoms with Gasteiger partial charge in [0.1, 0.15) is 11.5 Å². The summed E-state index contributed by atoms with van der Waals surface area (Å²) in [5.74, 6) is 1.82. The molecule has 13 rings (SSSR count). The zero-order valence-electron chi connectivity index (χ0n) is 33.1. The van der Waals surface area contributed by atoms with Gasteiger partial charge in [-0.25, -0.2) is 0 Å². The van der Waals surface area contributed by atoms with Crippen LogP contribution < -0.4 is 4.74 Å². The summed E-state index contributed by atoms with van der Waals surface area (Å²) in [6.45, 7) is 2.34. The molecule has 10 aromatic carbocycles. The molecule has 0 amide bonds. The fourth-order valence-electron chi connectivity index (χ4n) is 11.4. The highest BCUT2D eigenvalue weighted by Gasteiger charge is 2.52. The summed E-state index contributed by atoms with van der Waals surface area (Å²) in [6, 6.07) is 78.7. The predicted molar refractivity (Wildman–Crippen MR) is 247 cm³/mol. The lowest BCUT2D eigenvalue weighted by molar-refractivity contribution is 0.429. The normalized spacial score (nSPS) is 17.7. The summed E-state index contributed by atoms with van der Waals surface area (Å²) in [5.41, 5.74) is 18.2. The van der Waals surface area contributed by atoms with E-state index >= 15 is 0 Å². The molecule has 1 heteroatoms. The lowest BCUT2D eigenvalue weighted by Gasteiger charge is -2.39. The molecule has 0 N–H and O–H groups in total. The Morgan fingerprint density at radius 2 is 0.933 bits per heavy atom. The van der Waals surface area contributed by atoms with E-state index in [-0.39, 0.29) is 5.41 Å². The zero-order valence-corrected chi connectivity index (χ0v) is 33.1. The third-order valence-corrected chi connectivity index (χ3v) is 14.0. The molecule has 2 atom stereocenters. The molecule has 1 spiro atoms. The van der Waals surface area contributed by atoms with Gasteiger partial charge < -0.3 is 4.74 Å². The molecule has 2 unspecified atom stereocenters. The average Bonchev–Trinajstić information content (AvgIpc) is 3.79. The minimum Gasteiger partial charge on any atom is -0.456 e. The average molecular weight is 763 g/mol. The van der Waals surface area contributed by atoms with Crippen LogP contribution in [0, 0.1) is 0 Å². The number of fused-ring (bicyclic) bond motifs is 15. The number of rotatable bonds is 3. The van der Waals surface area contributed by atoms with Gasteiger partial charge in [-0.05, 0) is 107 Å². The zero-order chi connectivity index (χ0) is 39.6. The van der Waals surface area contributed by atoms with E-state index in [9.17, 15) is 0 Å². The van der Waals surface area contributed by atoms with Crippen molar-refractivity contribution in [3.05, 3.63) is 251 Å². The molecule has 10 aromatic rings. The van der Waals surface area contributed by atoms with Crippen LogP contribution in [0.25, 0.3) is 66.1 Å². The molecular formula is C59H38O. The van der Waals surface area contributed by atoms with Crippen molar-refractivity contribution in [1.29, 1.82) is 0 Å². The monoisotopic (exact) mass is 762 g/mol. The van der Waals surface area contributed by atoms with E-state index in [1.54, 1.807) is 0 Å². The van der Waals surface area contributed by atoms with Crippen molar-refractivity contribution in [3.63, 3.8) is 0 Å². The second-order valence-electron chi connectivity index (χ2n) is 16.8. The summed E-state index contributed by atoms with van der Waals surface area (Å²) in [6.07, 6.45) is 0. The van der Waals surface area contributed by atoms with Crippen LogP contribution in [0.15, 0.2) is 212 Å². The molecule has 0 radical (unpaired) electrons. The lowest BCUT2D eigenvalue weighted by atomic mass is 9.68. The molecule has 1 nitrogen and oxygen atoms in total. The quantitative estimate of drug-likeness (QED) is 0.174. The van der Waals surface area contributed by atoms with E-state index in [1.807, 2.05) is 0 Å². The Hall–Kier alpha value is -7.48. The van der Waals surface area contributed by atoms with Gasteiger partial charge in [-0.1, -0.05) is 200 Å². The first kappa shape index (κ1) is 33.5. The molecule has 1 aliphatic heterocycles.